The number of nitrogens with zero attached hydrogens (tertiary/aromatic N) is 1. The first-order chi connectivity index (χ1) is 12.1. The van der Waals surface area contributed by atoms with E-state index in [-0.39, 0.29) is 5.91 Å². The van der Waals surface area contributed by atoms with E-state index in [4.69, 9.17) is 0 Å². The molecule has 1 aromatic heterocycles. The van der Waals surface area contributed by atoms with E-state index in [1.165, 1.54) is 36.6 Å². The molecule has 25 heavy (non-hydrogen) atoms. The Bertz CT molecular complexity index is 698. The highest BCUT2D eigenvalue weighted by molar-refractivity contribution is 7.99. The summed E-state index contributed by atoms with van der Waals surface area (Å²) in [5, 5.41) is 4.03. The van der Waals surface area contributed by atoms with E-state index in [1.54, 1.807) is 0 Å². The summed E-state index contributed by atoms with van der Waals surface area (Å²) >= 11 is 1.49. The van der Waals surface area contributed by atoms with Gasteiger partial charge in [0.15, 0.2) is 5.16 Å². The largest absolute Gasteiger partial charge is 0.352 e. The van der Waals surface area contributed by atoms with Crippen molar-refractivity contribution >= 4 is 17.7 Å². The first kappa shape index (κ1) is 18.1. The van der Waals surface area contributed by atoms with Gasteiger partial charge in [-0.1, -0.05) is 61.9 Å². The molecule has 0 radical (unpaired) electrons. The quantitative estimate of drug-likeness (QED) is 0.766. The molecule has 3 rings (SSSR count). The number of carbonyl (C=O) groups is 1. The smallest absolute Gasteiger partial charge is 0.230 e. The molecular weight excluding hydrogens is 330 g/mol. The van der Waals surface area contributed by atoms with E-state index in [0.29, 0.717) is 17.7 Å². The number of H-pyrrole nitrogens is 1. The highest BCUT2D eigenvalue weighted by Gasteiger charge is 2.22. The minimum Gasteiger partial charge on any atom is -0.352 e. The third-order valence-corrected chi connectivity index (χ3v) is 5.85. The Kier molecular flexibility index (Phi) is 6.19. The molecule has 0 aliphatic heterocycles. The van der Waals surface area contributed by atoms with E-state index in [9.17, 15) is 4.79 Å². The van der Waals surface area contributed by atoms with Gasteiger partial charge in [0.05, 0.1) is 11.4 Å². The summed E-state index contributed by atoms with van der Waals surface area (Å²) in [7, 11) is 0. The van der Waals surface area contributed by atoms with Crippen LogP contribution in [0.1, 0.15) is 49.6 Å². The van der Waals surface area contributed by atoms with E-state index < -0.39 is 0 Å². The molecule has 1 fully saturated rings. The van der Waals surface area contributed by atoms with Gasteiger partial charge in [0, 0.05) is 18.2 Å². The lowest BCUT2D eigenvalue weighted by Gasteiger charge is -2.29. The van der Waals surface area contributed by atoms with Crippen LogP contribution in [-0.4, -0.2) is 27.7 Å². The predicted octanol–water partition coefficient (Wildman–Crippen LogP) is 4.10. The van der Waals surface area contributed by atoms with Gasteiger partial charge in [-0.2, -0.15) is 0 Å². The number of rotatable bonds is 6. The summed E-state index contributed by atoms with van der Waals surface area (Å²) in [5.74, 6) is 1.12. The highest BCUT2D eigenvalue weighted by Crippen LogP contribution is 2.24. The Hall–Kier alpha value is -1.75. The van der Waals surface area contributed by atoms with Crippen LogP contribution in [-0.2, 0) is 11.2 Å². The van der Waals surface area contributed by atoms with Crippen LogP contribution in [0.3, 0.4) is 0 Å². The number of carbonyl (C=O) groups excluding carboxylic acids is 1. The van der Waals surface area contributed by atoms with Crippen molar-refractivity contribution in [1.82, 2.24) is 15.3 Å². The minimum atomic E-state index is 0.113. The molecule has 5 heteroatoms. The van der Waals surface area contributed by atoms with Crippen LogP contribution in [0.2, 0.25) is 0 Å². The Morgan fingerprint density at radius 3 is 2.80 bits per heavy atom. The molecular formula is C20H27N3OS. The zero-order chi connectivity index (χ0) is 17.6. The number of hydrogen-bond acceptors (Lipinski definition) is 3. The predicted molar refractivity (Wildman–Crippen MR) is 103 cm³/mol. The molecule has 1 aromatic carbocycles. The fourth-order valence-electron chi connectivity index (χ4n) is 3.41. The van der Waals surface area contributed by atoms with Crippen LogP contribution in [0.4, 0.5) is 0 Å². The first-order valence-electron chi connectivity index (χ1n) is 9.13. The molecule has 134 valence electrons. The number of hydrogen-bond donors (Lipinski definition) is 2. The van der Waals surface area contributed by atoms with Gasteiger partial charge in [-0.15, -0.1) is 0 Å². The molecule has 1 heterocycles. The summed E-state index contributed by atoms with van der Waals surface area (Å²) in [6.07, 6.45) is 5.66. The number of thioether (sulfide) groups is 1. The second-order valence-electron chi connectivity index (χ2n) is 7.00. The Morgan fingerprint density at radius 1 is 1.28 bits per heavy atom. The van der Waals surface area contributed by atoms with Crippen LogP contribution in [0.15, 0.2) is 35.5 Å². The number of aryl methyl sites for hydroxylation is 1. The Morgan fingerprint density at radius 2 is 2.04 bits per heavy atom. The fourth-order valence-corrected chi connectivity index (χ4v) is 4.16. The summed E-state index contributed by atoms with van der Waals surface area (Å²) in [6, 6.07) is 10.7. The Labute approximate surface area is 154 Å². The van der Waals surface area contributed by atoms with Crippen LogP contribution in [0.5, 0.6) is 0 Å². The molecule has 0 bridgehead atoms. The van der Waals surface area contributed by atoms with E-state index in [0.717, 1.165) is 29.4 Å². The van der Waals surface area contributed by atoms with Crippen LogP contribution in [0.25, 0.3) is 0 Å². The zero-order valence-corrected chi connectivity index (χ0v) is 15.9. The first-order valence-corrected chi connectivity index (χ1v) is 10.1. The normalized spacial score (nSPS) is 20.4. The number of aromatic nitrogens is 2. The third kappa shape index (κ3) is 5.11. The maximum absolute atomic E-state index is 12.2. The second kappa shape index (κ2) is 8.56. The number of imidazole rings is 1. The number of aromatic amines is 1. The molecule has 2 N–H and O–H groups in total. The van der Waals surface area contributed by atoms with Crippen molar-refractivity contribution in [3.8, 4) is 0 Å². The number of benzene rings is 1. The fraction of sp³-hybridized carbons (Fsp3) is 0.500. The SMILES string of the molecule is Cc1[nH]c(SCC(=O)NC2CCCCC2C)nc1Cc1ccccc1. The van der Waals surface area contributed by atoms with Crippen molar-refractivity contribution in [3.05, 3.63) is 47.3 Å². The molecule has 2 unspecified atom stereocenters. The van der Waals surface area contributed by atoms with Crippen LogP contribution in [0, 0.1) is 12.8 Å². The summed E-state index contributed by atoms with van der Waals surface area (Å²) < 4.78 is 0. The topological polar surface area (TPSA) is 57.8 Å². The van der Waals surface area contributed by atoms with E-state index in [1.807, 2.05) is 25.1 Å². The minimum absolute atomic E-state index is 0.113. The summed E-state index contributed by atoms with van der Waals surface area (Å²) in [6.45, 7) is 4.28. The molecule has 1 saturated carbocycles. The lowest BCUT2D eigenvalue weighted by atomic mass is 9.86. The van der Waals surface area contributed by atoms with Gasteiger partial charge >= 0.3 is 0 Å². The highest BCUT2D eigenvalue weighted by atomic mass is 32.2. The van der Waals surface area contributed by atoms with Gasteiger partial charge in [0.1, 0.15) is 0 Å². The monoisotopic (exact) mass is 357 g/mol. The van der Waals surface area contributed by atoms with Crippen molar-refractivity contribution < 1.29 is 4.79 Å². The summed E-state index contributed by atoms with van der Waals surface area (Å²) in [4.78, 5) is 20.2. The van der Waals surface area contributed by atoms with E-state index >= 15 is 0 Å². The molecule has 2 aromatic rings. The van der Waals surface area contributed by atoms with E-state index in [2.05, 4.69) is 34.3 Å². The lowest BCUT2D eigenvalue weighted by Crippen LogP contribution is -2.41. The second-order valence-corrected chi connectivity index (χ2v) is 7.96. The van der Waals surface area contributed by atoms with Gasteiger partial charge in [0.2, 0.25) is 5.91 Å². The van der Waals surface area contributed by atoms with Crippen molar-refractivity contribution in [2.45, 2.75) is 57.1 Å². The third-order valence-electron chi connectivity index (χ3n) is 4.98. The maximum Gasteiger partial charge on any atom is 0.230 e. The average Bonchev–Trinajstić information content (AvgIpc) is 2.96. The molecule has 1 amide bonds. The standard InChI is InChI=1S/C20H27N3OS/c1-14-8-6-7-11-17(14)22-19(24)13-25-20-21-15(2)18(23-20)12-16-9-4-3-5-10-16/h3-5,9-10,14,17H,6-8,11-13H2,1-2H3,(H,21,23)(H,22,24). The van der Waals surface area contributed by atoms with Crippen LogP contribution >= 0.6 is 11.8 Å². The lowest BCUT2D eigenvalue weighted by molar-refractivity contribution is -0.119. The zero-order valence-electron chi connectivity index (χ0n) is 15.0. The van der Waals surface area contributed by atoms with Crippen molar-refractivity contribution in [2.24, 2.45) is 5.92 Å². The molecule has 4 nitrogen and oxygen atoms in total. The van der Waals surface area contributed by atoms with Gasteiger partial charge in [0.25, 0.3) is 0 Å². The van der Waals surface area contributed by atoms with Crippen molar-refractivity contribution in [2.75, 3.05) is 5.75 Å². The molecule has 0 spiro atoms. The molecule has 2 atom stereocenters. The maximum atomic E-state index is 12.2. The van der Waals surface area contributed by atoms with Gasteiger partial charge in [-0.05, 0) is 31.2 Å². The molecule has 1 aliphatic rings. The van der Waals surface area contributed by atoms with Gasteiger partial charge in [-0.3, -0.25) is 4.79 Å². The van der Waals surface area contributed by atoms with Crippen molar-refractivity contribution in [3.63, 3.8) is 0 Å². The summed E-state index contributed by atoms with van der Waals surface area (Å²) in [5.41, 5.74) is 3.38. The molecule has 0 saturated heterocycles. The van der Waals surface area contributed by atoms with Crippen LogP contribution < -0.4 is 5.32 Å². The number of nitrogens with one attached hydrogen (secondary N) is 2. The average molecular weight is 358 g/mol. The van der Waals surface area contributed by atoms with Gasteiger partial charge < -0.3 is 10.3 Å². The van der Waals surface area contributed by atoms with Gasteiger partial charge in [-0.25, -0.2) is 4.98 Å². The molecule has 1 aliphatic carbocycles. The number of amides is 1. The Balaban J connectivity index is 1.51. The van der Waals surface area contributed by atoms with Crippen molar-refractivity contribution in [1.29, 1.82) is 0 Å².